The van der Waals surface area contributed by atoms with E-state index in [4.69, 9.17) is 16.3 Å². The molecule has 0 aromatic carbocycles. The number of carbonyl (C=O) groups excluding carboxylic acids is 2. The third-order valence-corrected chi connectivity index (χ3v) is 3.99. The monoisotopic (exact) mass is 353 g/mol. The Bertz CT molecular complexity index is 590. The number of nitrogens with zero attached hydrogens (tertiary/aromatic N) is 1. The van der Waals surface area contributed by atoms with E-state index in [0.29, 0.717) is 36.3 Å². The summed E-state index contributed by atoms with van der Waals surface area (Å²) in [5.74, 6) is 0.275. The fourth-order valence-electron chi connectivity index (χ4n) is 2.14. The Kier molecular flexibility index (Phi) is 6.85. The van der Waals surface area contributed by atoms with Gasteiger partial charge in [-0.15, -0.1) is 0 Å². The second-order valence-corrected chi connectivity index (χ2v) is 6.42. The lowest BCUT2D eigenvalue weighted by Gasteiger charge is -2.17. The van der Waals surface area contributed by atoms with Crippen molar-refractivity contribution in [3.8, 4) is 5.75 Å². The van der Waals surface area contributed by atoms with Crippen molar-refractivity contribution in [1.29, 1.82) is 0 Å². The van der Waals surface area contributed by atoms with Gasteiger partial charge in [-0.25, -0.2) is 4.98 Å². The van der Waals surface area contributed by atoms with Crippen LogP contribution < -0.4 is 15.4 Å². The maximum absolute atomic E-state index is 12.5. The van der Waals surface area contributed by atoms with Crippen molar-refractivity contribution in [2.45, 2.75) is 45.6 Å². The van der Waals surface area contributed by atoms with Crippen molar-refractivity contribution in [3.05, 3.63) is 23.0 Å². The number of hydrogen-bond donors (Lipinski definition) is 2. The molecule has 2 N–H and O–H groups in total. The second-order valence-electron chi connectivity index (χ2n) is 5.98. The minimum atomic E-state index is -0.599. The average Bonchev–Trinajstić information content (AvgIpc) is 3.39. The van der Waals surface area contributed by atoms with Gasteiger partial charge in [-0.1, -0.05) is 25.4 Å². The maximum Gasteiger partial charge on any atom is 0.274 e. The summed E-state index contributed by atoms with van der Waals surface area (Å²) in [4.78, 5) is 28.7. The molecule has 1 heterocycles. The lowest BCUT2D eigenvalue weighted by Crippen LogP contribution is -2.46. The van der Waals surface area contributed by atoms with Crippen molar-refractivity contribution in [1.82, 2.24) is 15.6 Å². The van der Waals surface area contributed by atoms with Crippen LogP contribution in [0.5, 0.6) is 5.75 Å². The minimum Gasteiger partial charge on any atom is -0.491 e. The Hall–Kier alpha value is -1.82. The molecule has 1 aromatic heterocycles. The molecule has 1 fully saturated rings. The van der Waals surface area contributed by atoms with Crippen LogP contribution in [0.1, 0.15) is 50.0 Å². The number of aromatic nitrogens is 1. The molecule has 1 saturated carbocycles. The first-order chi connectivity index (χ1) is 11.5. The summed E-state index contributed by atoms with van der Waals surface area (Å²) >= 11 is 5.95. The van der Waals surface area contributed by atoms with E-state index >= 15 is 0 Å². The van der Waals surface area contributed by atoms with Crippen LogP contribution in [-0.4, -0.2) is 36.0 Å². The highest BCUT2D eigenvalue weighted by molar-refractivity contribution is 6.30. The van der Waals surface area contributed by atoms with E-state index in [2.05, 4.69) is 15.6 Å². The van der Waals surface area contributed by atoms with E-state index in [-0.39, 0.29) is 11.6 Å². The van der Waals surface area contributed by atoms with Gasteiger partial charge in [-0.3, -0.25) is 9.59 Å². The van der Waals surface area contributed by atoms with Crippen molar-refractivity contribution < 1.29 is 14.3 Å². The van der Waals surface area contributed by atoms with Crippen molar-refractivity contribution in [2.75, 3.05) is 13.2 Å². The number of halogens is 1. The van der Waals surface area contributed by atoms with Crippen LogP contribution in [0.2, 0.25) is 5.02 Å². The van der Waals surface area contributed by atoms with E-state index in [1.165, 1.54) is 6.20 Å². The Labute approximate surface area is 147 Å². The summed E-state index contributed by atoms with van der Waals surface area (Å²) in [6.45, 7) is 4.95. The molecule has 132 valence electrons. The van der Waals surface area contributed by atoms with Gasteiger partial charge in [-0.05, 0) is 31.6 Å². The number of rotatable bonds is 9. The van der Waals surface area contributed by atoms with E-state index < -0.39 is 11.9 Å². The fraction of sp³-hybridized carbons (Fsp3) is 0.588. The molecule has 6 nitrogen and oxygen atoms in total. The number of ether oxygens (including phenoxy) is 1. The van der Waals surface area contributed by atoms with Crippen LogP contribution in [-0.2, 0) is 4.79 Å². The van der Waals surface area contributed by atoms with Gasteiger partial charge >= 0.3 is 0 Å². The van der Waals surface area contributed by atoms with Crippen LogP contribution in [0.4, 0.5) is 0 Å². The highest BCUT2D eigenvalue weighted by Gasteiger charge is 2.25. The molecule has 2 rings (SSSR count). The highest BCUT2D eigenvalue weighted by Crippen LogP contribution is 2.30. The average molecular weight is 354 g/mol. The zero-order valence-corrected chi connectivity index (χ0v) is 14.9. The summed E-state index contributed by atoms with van der Waals surface area (Å²) in [6.07, 6.45) is 5.02. The van der Waals surface area contributed by atoms with E-state index in [1.807, 2.05) is 13.8 Å². The second kappa shape index (κ2) is 8.87. The first-order valence-electron chi connectivity index (χ1n) is 8.42. The number of amides is 2. The summed E-state index contributed by atoms with van der Waals surface area (Å²) in [6, 6.07) is 0.988. The van der Waals surface area contributed by atoms with E-state index in [0.717, 1.165) is 19.3 Å². The van der Waals surface area contributed by atoms with Crippen molar-refractivity contribution >= 4 is 23.4 Å². The lowest BCUT2D eigenvalue weighted by atomic mass is 10.2. The Morgan fingerprint density at radius 1 is 1.42 bits per heavy atom. The molecule has 1 unspecified atom stereocenters. The molecule has 0 bridgehead atoms. The topological polar surface area (TPSA) is 80.3 Å². The van der Waals surface area contributed by atoms with Gasteiger partial charge in [0.05, 0.1) is 11.6 Å². The molecule has 0 spiro atoms. The predicted molar refractivity (Wildman–Crippen MR) is 92.3 cm³/mol. The molecule has 2 amide bonds. The summed E-state index contributed by atoms with van der Waals surface area (Å²) in [7, 11) is 0. The Morgan fingerprint density at radius 3 is 2.79 bits per heavy atom. The summed E-state index contributed by atoms with van der Waals surface area (Å²) in [5, 5.41) is 5.91. The van der Waals surface area contributed by atoms with Gasteiger partial charge in [0.2, 0.25) is 5.91 Å². The minimum absolute atomic E-state index is 0.154. The summed E-state index contributed by atoms with van der Waals surface area (Å²) < 4.78 is 5.70. The molecule has 1 aliphatic rings. The van der Waals surface area contributed by atoms with Gasteiger partial charge in [0, 0.05) is 18.8 Å². The zero-order valence-electron chi connectivity index (χ0n) is 14.1. The molecular weight excluding hydrogens is 330 g/mol. The standard InChI is InChI=1S/C17H24ClN3O3/c1-3-7-19-16(22)13(4-2)21-17(23)15-14(8-12(18)9-20-15)24-10-11-5-6-11/h8-9,11,13H,3-7,10H2,1-2H3,(H,19,22)(H,21,23). The normalized spacial score (nSPS) is 14.8. The number of pyridine rings is 1. The Balaban J connectivity index is 2.05. The Morgan fingerprint density at radius 2 is 2.17 bits per heavy atom. The fourth-order valence-corrected chi connectivity index (χ4v) is 2.29. The molecule has 0 radical (unpaired) electrons. The largest absolute Gasteiger partial charge is 0.491 e. The first kappa shape index (κ1) is 18.5. The molecule has 1 atom stereocenters. The molecule has 7 heteroatoms. The molecule has 0 saturated heterocycles. The third kappa shape index (κ3) is 5.37. The number of nitrogens with one attached hydrogen (secondary N) is 2. The van der Waals surface area contributed by atoms with Crippen LogP contribution in [0, 0.1) is 5.92 Å². The third-order valence-electron chi connectivity index (χ3n) is 3.79. The van der Waals surface area contributed by atoms with Crippen LogP contribution >= 0.6 is 11.6 Å². The van der Waals surface area contributed by atoms with Gasteiger partial charge < -0.3 is 15.4 Å². The highest BCUT2D eigenvalue weighted by atomic mass is 35.5. The van der Waals surface area contributed by atoms with E-state index in [9.17, 15) is 9.59 Å². The van der Waals surface area contributed by atoms with Crippen molar-refractivity contribution in [2.24, 2.45) is 5.92 Å². The molecule has 24 heavy (non-hydrogen) atoms. The van der Waals surface area contributed by atoms with Gasteiger partial charge in [0.15, 0.2) is 11.4 Å². The number of hydrogen-bond acceptors (Lipinski definition) is 4. The van der Waals surface area contributed by atoms with Crippen LogP contribution in [0.3, 0.4) is 0 Å². The molecule has 1 aromatic rings. The van der Waals surface area contributed by atoms with Crippen LogP contribution in [0.25, 0.3) is 0 Å². The lowest BCUT2D eigenvalue weighted by molar-refractivity contribution is -0.123. The van der Waals surface area contributed by atoms with Gasteiger partial charge in [-0.2, -0.15) is 0 Å². The van der Waals surface area contributed by atoms with Crippen molar-refractivity contribution in [3.63, 3.8) is 0 Å². The van der Waals surface area contributed by atoms with Crippen LogP contribution in [0.15, 0.2) is 12.3 Å². The quantitative estimate of drug-likeness (QED) is 0.715. The zero-order chi connectivity index (χ0) is 17.5. The number of carbonyl (C=O) groups is 2. The first-order valence-corrected chi connectivity index (χ1v) is 8.79. The summed E-state index contributed by atoms with van der Waals surface area (Å²) in [5.41, 5.74) is 0.154. The molecule has 1 aliphatic carbocycles. The van der Waals surface area contributed by atoms with Gasteiger partial charge in [0.1, 0.15) is 6.04 Å². The van der Waals surface area contributed by atoms with E-state index in [1.54, 1.807) is 6.07 Å². The molecular formula is C17H24ClN3O3. The predicted octanol–water partition coefficient (Wildman–Crippen LogP) is 2.56. The smallest absolute Gasteiger partial charge is 0.274 e. The maximum atomic E-state index is 12.5. The van der Waals surface area contributed by atoms with Gasteiger partial charge in [0.25, 0.3) is 5.91 Å². The SMILES string of the molecule is CCCNC(=O)C(CC)NC(=O)c1ncc(Cl)cc1OCC1CC1. The molecule has 0 aliphatic heterocycles.